The Morgan fingerprint density at radius 3 is 2.45 bits per heavy atom. The van der Waals surface area contributed by atoms with Crippen molar-refractivity contribution in [3.05, 3.63) is 78.1 Å². The quantitative estimate of drug-likeness (QED) is 0.669. The highest BCUT2D eigenvalue weighted by atomic mass is 19.1. The maximum atomic E-state index is 13.0. The molecular formula is C22H18FN3O3. The molecule has 1 unspecified atom stereocenters. The molecule has 6 nitrogen and oxygen atoms in total. The van der Waals surface area contributed by atoms with Crippen LogP contribution in [0.3, 0.4) is 0 Å². The van der Waals surface area contributed by atoms with Gasteiger partial charge in [0.15, 0.2) is 0 Å². The predicted molar refractivity (Wildman–Crippen MR) is 107 cm³/mol. The minimum Gasteiger partial charge on any atom is -0.325 e. The van der Waals surface area contributed by atoms with Gasteiger partial charge in [0.25, 0.3) is 5.91 Å². The van der Waals surface area contributed by atoms with Crippen LogP contribution >= 0.6 is 0 Å². The molecule has 0 radical (unpaired) electrons. The van der Waals surface area contributed by atoms with Crippen LogP contribution in [-0.4, -0.2) is 29.3 Å². The lowest BCUT2D eigenvalue weighted by molar-refractivity contribution is -0.133. The van der Waals surface area contributed by atoms with E-state index >= 15 is 0 Å². The molecule has 1 aliphatic heterocycles. The lowest BCUT2D eigenvalue weighted by atomic mass is 9.90. The molecule has 0 saturated carbocycles. The van der Waals surface area contributed by atoms with Crippen molar-refractivity contribution in [3.8, 4) is 0 Å². The van der Waals surface area contributed by atoms with E-state index in [9.17, 15) is 18.8 Å². The van der Waals surface area contributed by atoms with Gasteiger partial charge in [0.1, 0.15) is 17.9 Å². The van der Waals surface area contributed by atoms with Crippen LogP contribution in [0.5, 0.6) is 0 Å². The SMILES string of the molecule is CC1(c2ccc3ccccc3c2)NC(=O)N(CC(=O)Nc2ccc(F)cc2)C1=O. The fraction of sp³-hybridized carbons (Fsp3) is 0.136. The Bertz CT molecular complexity index is 1130. The number of fused-ring (bicyclic) bond motifs is 1. The zero-order valence-corrected chi connectivity index (χ0v) is 15.6. The molecule has 0 aliphatic carbocycles. The molecule has 0 spiro atoms. The molecule has 1 heterocycles. The van der Waals surface area contributed by atoms with Gasteiger partial charge in [-0.2, -0.15) is 0 Å². The average molecular weight is 391 g/mol. The number of imide groups is 1. The van der Waals surface area contributed by atoms with E-state index in [2.05, 4.69) is 10.6 Å². The third-order valence-electron chi connectivity index (χ3n) is 5.03. The highest BCUT2D eigenvalue weighted by Gasteiger charge is 2.49. The number of rotatable bonds is 4. The number of benzene rings is 3. The molecule has 7 heteroatoms. The van der Waals surface area contributed by atoms with Crippen LogP contribution in [0, 0.1) is 5.82 Å². The van der Waals surface area contributed by atoms with Crippen LogP contribution < -0.4 is 10.6 Å². The molecule has 1 aliphatic rings. The molecular weight excluding hydrogens is 373 g/mol. The van der Waals surface area contributed by atoms with Gasteiger partial charge in [0.2, 0.25) is 5.91 Å². The van der Waals surface area contributed by atoms with E-state index in [4.69, 9.17) is 0 Å². The molecule has 3 aromatic rings. The van der Waals surface area contributed by atoms with E-state index in [1.165, 1.54) is 24.3 Å². The van der Waals surface area contributed by atoms with Crippen LogP contribution in [0.15, 0.2) is 66.7 Å². The van der Waals surface area contributed by atoms with E-state index in [-0.39, 0.29) is 0 Å². The minimum atomic E-state index is -1.27. The third kappa shape index (κ3) is 3.42. The number of anilines is 1. The van der Waals surface area contributed by atoms with E-state index in [1.807, 2.05) is 36.4 Å². The van der Waals surface area contributed by atoms with Crippen molar-refractivity contribution < 1.29 is 18.8 Å². The molecule has 0 aromatic heterocycles. The Hall–Kier alpha value is -3.74. The predicted octanol–water partition coefficient (Wildman–Crippen LogP) is 3.38. The van der Waals surface area contributed by atoms with E-state index < -0.39 is 35.7 Å². The van der Waals surface area contributed by atoms with Crippen LogP contribution in [0.1, 0.15) is 12.5 Å². The number of hydrogen-bond acceptors (Lipinski definition) is 3. The lowest BCUT2D eigenvalue weighted by Crippen LogP contribution is -2.42. The van der Waals surface area contributed by atoms with Gasteiger partial charge in [0, 0.05) is 5.69 Å². The van der Waals surface area contributed by atoms with Crippen molar-refractivity contribution in [2.45, 2.75) is 12.5 Å². The first-order chi connectivity index (χ1) is 13.9. The van der Waals surface area contributed by atoms with Crippen LogP contribution in [0.2, 0.25) is 0 Å². The average Bonchev–Trinajstić information content (AvgIpc) is 2.93. The number of urea groups is 1. The van der Waals surface area contributed by atoms with Crippen molar-refractivity contribution in [2.24, 2.45) is 0 Å². The Labute approximate surface area is 166 Å². The first-order valence-corrected chi connectivity index (χ1v) is 9.06. The highest BCUT2D eigenvalue weighted by molar-refractivity contribution is 6.10. The van der Waals surface area contributed by atoms with Gasteiger partial charge in [0.05, 0.1) is 0 Å². The number of nitrogens with zero attached hydrogens (tertiary/aromatic N) is 1. The maximum absolute atomic E-state index is 13.0. The normalized spacial score (nSPS) is 18.8. The van der Waals surface area contributed by atoms with E-state index in [0.717, 1.165) is 15.7 Å². The number of halogens is 1. The topological polar surface area (TPSA) is 78.5 Å². The Kier molecular flexibility index (Phi) is 4.50. The Morgan fingerprint density at radius 2 is 1.72 bits per heavy atom. The monoisotopic (exact) mass is 391 g/mol. The fourth-order valence-corrected chi connectivity index (χ4v) is 3.41. The summed E-state index contributed by atoms with van der Waals surface area (Å²) in [5.74, 6) is -1.49. The summed E-state index contributed by atoms with van der Waals surface area (Å²) >= 11 is 0. The summed E-state index contributed by atoms with van der Waals surface area (Å²) in [7, 11) is 0. The van der Waals surface area contributed by atoms with Crippen LogP contribution in [0.25, 0.3) is 10.8 Å². The van der Waals surface area contributed by atoms with Crippen molar-refractivity contribution >= 4 is 34.3 Å². The second-order valence-electron chi connectivity index (χ2n) is 7.06. The van der Waals surface area contributed by atoms with Gasteiger partial charge < -0.3 is 10.6 Å². The first-order valence-electron chi connectivity index (χ1n) is 9.06. The molecule has 4 amide bonds. The van der Waals surface area contributed by atoms with Gasteiger partial charge in [-0.05, 0) is 53.6 Å². The third-order valence-corrected chi connectivity index (χ3v) is 5.03. The highest BCUT2D eigenvalue weighted by Crippen LogP contribution is 2.31. The standard InChI is InChI=1S/C22H18FN3O3/c1-22(16-7-6-14-4-2-3-5-15(14)12-16)20(28)26(21(29)25-22)13-19(27)24-18-10-8-17(23)9-11-18/h2-12H,13H2,1H3,(H,24,27)(H,25,29). The summed E-state index contributed by atoms with van der Waals surface area (Å²) in [5.41, 5.74) is -0.256. The summed E-state index contributed by atoms with van der Waals surface area (Å²) in [4.78, 5) is 38.6. The minimum absolute atomic E-state index is 0.376. The summed E-state index contributed by atoms with van der Waals surface area (Å²) in [6, 6.07) is 17.8. The first kappa shape index (κ1) is 18.6. The van der Waals surface area contributed by atoms with Gasteiger partial charge >= 0.3 is 6.03 Å². The Morgan fingerprint density at radius 1 is 1.03 bits per heavy atom. The van der Waals surface area contributed by atoms with Gasteiger partial charge in [-0.15, -0.1) is 0 Å². The molecule has 1 saturated heterocycles. The van der Waals surface area contributed by atoms with Crippen molar-refractivity contribution in [3.63, 3.8) is 0 Å². The molecule has 29 heavy (non-hydrogen) atoms. The van der Waals surface area contributed by atoms with Crippen LogP contribution in [0.4, 0.5) is 14.9 Å². The number of carbonyl (C=O) groups excluding carboxylic acids is 3. The molecule has 146 valence electrons. The molecule has 4 rings (SSSR count). The van der Waals surface area contributed by atoms with E-state index in [0.29, 0.717) is 11.3 Å². The molecule has 1 atom stereocenters. The zero-order valence-electron chi connectivity index (χ0n) is 15.6. The molecule has 1 fully saturated rings. The number of nitrogens with one attached hydrogen (secondary N) is 2. The van der Waals surface area contributed by atoms with Gasteiger partial charge in [-0.25, -0.2) is 9.18 Å². The lowest BCUT2D eigenvalue weighted by Gasteiger charge is -2.22. The van der Waals surface area contributed by atoms with Crippen LogP contribution in [-0.2, 0) is 15.1 Å². The summed E-state index contributed by atoms with van der Waals surface area (Å²) < 4.78 is 13.0. The molecule has 0 bridgehead atoms. The smallest absolute Gasteiger partial charge is 0.325 e. The molecule has 3 aromatic carbocycles. The number of carbonyl (C=O) groups is 3. The van der Waals surface area contributed by atoms with E-state index in [1.54, 1.807) is 13.0 Å². The van der Waals surface area contributed by atoms with Gasteiger partial charge in [-0.3, -0.25) is 14.5 Å². The summed E-state index contributed by atoms with van der Waals surface area (Å²) in [6.45, 7) is 1.18. The summed E-state index contributed by atoms with van der Waals surface area (Å²) in [5, 5.41) is 7.21. The Balaban J connectivity index is 1.54. The second-order valence-corrected chi connectivity index (χ2v) is 7.06. The van der Waals surface area contributed by atoms with Crippen molar-refractivity contribution in [1.29, 1.82) is 0 Å². The van der Waals surface area contributed by atoms with Gasteiger partial charge in [-0.1, -0.05) is 36.4 Å². The largest absolute Gasteiger partial charge is 0.325 e. The second kappa shape index (κ2) is 7.01. The number of amides is 4. The fourth-order valence-electron chi connectivity index (χ4n) is 3.41. The molecule has 2 N–H and O–H groups in total. The maximum Gasteiger partial charge on any atom is 0.325 e. The number of hydrogen-bond donors (Lipinski definition) is 2. The van der Waals surface area contributed by atoms with Crippen molar-refractivity contribution in [1.82, 2.24) is 10.2 Å². The van der Waals surface area contributed by atoms with Crippen molar-refractivity contribution in [2.75, 3.05) is 11.9 Å². The summed E-state index contributed by atoms with van der Waals surface area (Å²) in [6.07, 6.45) is 0. The zero-order chi connectivity index (χ0) is 20.6.